The predicted octanol–water partition coefficient (Wildman–Crippen LogP) is 0.580. The number of aromatic hydroxyl groups is 2. The van der Waals surface area contributed by atoms with Gasteiger partial charge in [0.15, 0.2) is 0 Å². The summed E-state index contributed by atoms with van der Waals surface area (Å²) in [5.41, 5.74) is 22.7. The molecule has 0 saturated carbocycles. The van der Waals surface area contributed by atoms with Crippen molar-refractivity contribution in [3.63, 3.8) is 0 Å². The Morgan fingerprint density at radius 2 is 1.38 bits per heavy atom. The van der Waals surface area contributed by atoms with Crippen LogP contribution in [-0.4, -0.2) is 10.2 Å². The van der Waals surface area contributed by atoms with Gasteiger partial charge < -0.3 is 33.1 Å². The summed E-state index contributed by atoms with van der Waals surface area (Å²) in [6.07, 6.45) is 0. The third-order valence-electron chi connectivity index (χ3n) is 2.57. The highest BCUT2D eigenvalue weighted by molar-refractivity contribution is 6.12. The molecule has 0 amide bonds. The second-order valence-electron chi connectivity index (χ2n) is 3.52. The molecule has 2 aromatic rings. The van der Waals surface area contributed by atoms with Crippen molar-refractivity contribution in [1.82, 2.24) is 0 Å². The Morgan fingerprint density at radius 1 is 0.750 bits per heavy atom. The summed E-state index contributed by atoms with van der Waals surface area (Å²) >= 11 is 0. The minimum atomic E-state index is -0.211. The van der Waals surface area contributed by atoms with E-state index >= 15 is 0 Å². The van der Waals surface area contributed by atoms with Gasteiger partial charge in [-0.3, -0.25) is 0 Å². The Labute approximate surface area is 91.1 Å². The first-order valence-corrected chi connectivity index (χ1v) is 4.51. The number of rotatable bonds is 0. The van der Waals surface area contributed by atoms with Crippen molar-refractivity contribution in [3.8, 4) is 11.5 Å². The van der Waals surface area contributed by atoms with Gasteiger partial charge in [0.1, 0.15) is 17.2 Å². The van der Waals surface area contributed by atoms with Gasteiger partial charge >= 0.3 is 0 Å². The van der Waals surface area contributed by atoms with Gasteiger partial charge in [0.2, 0.25) is 0 Å². The number of hydrogen-bond donors (Lipinski definition) is 6. The lowest BCUT2D eigenvalue weighted by molar-refractivity contribution is 0.479. The number of fused-ring (bicyclic) bond motifs is 1. The highest BCUT2D eigenvalue weighted by Gasteiger charge is 2.17. The molecular weight excluding hydrogens is 208 g/mol. The summed E-state index contributed by atoms with van der Waals surface area (Å²) in [4.78, 5) is 0. The van der Waals surface area contributed by atoms with Crippen molar-refractivity contribution >= 4 is 33.5 Å². The van der Waals surface area contributed by atoms with Crippen LogP contribution in [0.4, 0.5) is 22.7 Å². The fourth-order valence-electron chi connectivity index (χ4n) is 1.63. The maximum absolute atomic E-state index is 9.77. The van der Waals surface area contributed by atoms with E-state index in [4.69, 9.17) is 22.9 Å². The molecule has 0 aromatic heterocycles. The summed E-state index contributed by atoms with van der Waals surface area (Å²) in [6, 6.07) is 2.97. The number of nitrogens with two attached hydrogens (primary N) is 4. The van der Waals surface area contributed by atoms with Crippen LogP contribution in [0.5, 0.6) is 11.5 Å². The third-order valence-corrected chi connectivity index (χ3v) is 2.57. The van der Waals surface area contributed by atoms with Crippen LogP contribution in [0.2, 0.25) is 0 Å². The Kier molecular flexibility index (Phi) is 1.88. The molecule has 0 aliphatic rings. The second-order valence-corrected chi connectivity index (χ2v) is 3.52. The van der Waals surface area contributed by atoms with Crippen LogP contribution in [-0.2, 0) is 0 Å². The largest absolute Gasteiger partial charge is 0.505 e. The fraction of sp³-hybridized carbons (Fsp3) is 0. The van der Waals surface area contributed by atoms with Crippen molar-refractivity contribution in [3.05, 3.63) is 12.1 Å². The van der Waals surface area contributed by atoms with E-state index in [2.05, 4.69) is 0 Å². The average molecular weight is 220 g/mol. The monoisotopic (exact) mass is 220 g/mol. The second kappa shape index (κ2) is 2.99. The van der Waals surface area contributed by atoms with Crippen LogP contribution in [0.15, 0.2) is 12.1 Å². The van der Waals surface area contributed by atoms with Crippen LogP contribution >= 0.6 is 0 Å². The molecule has 84 valence electrons. The zero-order valence-electron chi connectivity index (χ0n) is 8.36. The summed E-state index contributed by atoms with van der Waals surface area (Å²) < 4.78 is 0. The summed E-state index contributed by atoms with van der Waals surface area (Å²) in [5, 5.41) is 20.1. The first kappa shape index (κ1) is 10.0. The minimum Gasteiger partial charge on any atom is -0.505 e. The van der Waals surface area contributed by atoms with Crippen molar-refractivity contribution in [2.24, 2.45) is 0 Å². The summed E-state index contributed by atoms with van der Waals surface area (Å²) in [7, 11) is 0. The van der Waals surface area contributed by atoms with Crippen LogP contribution in [0, 0.1) is 0 Å². The van der Waals surface area contributed by atoms with Gasteiger partial charge in [-0.1, -0.05) is 0 Å². The number of phenols is 2. The molecule has 0 spiro atoms. The molecule has 0 aliphatic carbocycles. The third kappa shape index (κ3) is 1.07. The van der Waals surface area contributed by atoms with Gasteiger partial charge in [0.25, 0.3) is 0 Å². The topological polar surface area (TPSA) is 145 Å². The SMILES string of the molecule is Nc1ccc2c(O)c(N)c(N)c(N)c2c1O. The number of nitrogen functional groups attached to an aromatic ring is 4. The standard InChI is InChI=1S/C10H12N4O2/c11-4-2-1-3-5(10(4)16)6(12)7(13)8(14)9(3)15/h1-2,15-16H,11-14H2. The lowest BCUT2D eigenvalue weighted by Crippen LogP contribution is -2.02. The van der Waals surface area contributed by atoms with E-state index in [0.717, 1.165) is 0 Å². The van der Waals surface area contributed by atoms with Crippen LogP contribution < -0.4 is 22.9 Å². The maximum Gasteiger partial charge on any atom is 0.148 e. The van der Waals surface area contributed by atoms with Crippen LogP contribution in [0.1, 0.15) is 0 Å². The average Bonchev–Trinajstić information content (AvgIpc) is 2.27. The molecule has 0 fully saturated rings. The van der Waals surface area contributed by atoms with E-state index in [-0.39, 0.29) is 39.6 Å². The zero-order chi connectivity index (χ0) is 12.0. The Bertz CT molecular complexity index is 595. The molecule has 0 aliphatic heterocycles. The van der Waals surface area contributed by atoms with E-state index in [1.54, 1.807) is 0 Å². The molecule has 2 rings (SSSR count). The highest BCUT2D eigenvalue weighted by Crippen LogP contribution is 2.46. The lowest BCUT2D eigenvalue weighted by atomic mass is 10.0. The molecule has 6 nitrogen and oxygen atoms in total. The molecule has 0 atom stereocenters. The molecule has 10 N–H and O–H groups in total. The van der Waals surface area contributed by atoms with E-state index in [1.807, 2.05) is 0 Å². The van der Waals surface area contributed by atoms with Gasteiger partial charge in [0, 0.05) is 5.39 Å². The van der Waals surface area contributed by atoms with Crippen molar-refractivity contribution in [2.45, 2.75) is 0 Å². The van der Waals surface area contributed by atoms with Crippen molar-refractivity contribution in [1.29, 1.82) is 0 Å². The van der Waals surface area contributed by atoms with E-state index < -0.39 is 0 Å². The van der Waals surface area contributed by atoms with Gasteiger partial charge in [-0.25, -0.2) is 0 Å². The number of anilines is 4. The molecule has 0 unspecified atom stereocenters. The predicted molar refractivity (Wildman–Crippen MR) is 64.9 cm³/mol. The fourth-order valence-corrected chi connectivity index (χ4v) is 1.63. The van der Waals surface area contributed by atoms with E-state index in [0.29, 0.717) is 5.39 Å². The summed E-state index contributed by atoms with van der Waals surface area (Å²) in [6.45, 7) is 0. The number of phenolic OH excluding ortho intramolecular Hbond substituents is 2. The van der Waals surface area contributed by atoms with Gasteiger partial charge in [-0.15, -0.1) is 0 Å². The van der Waals surface area contributed by atoms with Crippen LogP contribution in [0.25, 0.3) is 10.8 Å². The Hall–Kier alpha value is -2.50. The molecule has 0 heterocycles. The van der Waals surface area contributed by atoms with E-state index in [1.165, 1.54) is 12.1 Å². The quantitative estimate of drug-likeness (QED) is 0.217. The molecule has 16 heavy (non-hydrogen) atoms. The first-order valence-electron chi connectivity index (χ1n) is 4.51. The molecule has 0 saturated heterocycles. The van der Waals surface area contributed by atoms with Crippen molar-refractivity contribution < 1.29 is 10.2 Å². The molecule has 0 radical (unpaired) electrons. The molecule has 0 bridgehead atoms. The highest BCUT2D eigenvalue weighted by atomic mass is 16.3. The lowest BCUT2D eigenvalue weighted by Gasteiger charge is -2.13. The molecule has 6 heteroatoms. The minimum absolute atomic E-state index is 0.00540. The zero-order valence-corrected chi connectivity index (χ0v) is 8.36. The van der Waals surface area contributed by atoms with Crippen LogP contribution in [0.3, 0.4) is 0 Å². The Balaban J connectivity index is 3.09. The molecule has 2 aromatic carbocycles. The summed E-state index contributed by atoms with van der Waals surface area (Å²) in [5.74, 6) is -0.422. The van der Waals surface area contributed by atoms with Gasteiger partial charge in [0.05, 0.1) is 22.4 Å². The van der Waals surface area contributed by atoms with E-state index in [9.17, 15) is 10.2 Å². The first-order chi connectivity index (χ1) is 7.45. The van der Waals surface area contributed by atoms with Gasteiger partial charge in [-0.2, -0.15) is 0 Å². The Morgan fingerprint density at radius 3 is 2.00 bits per heavy atom. The molecular formula is C10H12N4O2. The number of benzene rings is 2. The number of hydrogen-bond acceptors (Lipinski definition) is 6. The normalized spacial score (nSPS) is 10.8. The smallest absolute Gasteiger partial charge is 0.148 e. The van der Waals surface area contributed by atoms with Crippen molar-refractivity contribution in [2.75, 3.05) is 22.9 Å². The van der Waals surface area contributed by atoms with Gasteiger partial charge in [-0.05, 0) is 12.1 Å². The maximum atomic E-state index is 9.77.